The van der Waals surface area contributed by atoms with Crippen molar-refractivity contribution in [3.8, 4) is 11.3 Å². The first-order valence-electron chi connectivity index (χ1n) is 8.94. The zero-order valence-electron chi connectivity index (χ0n) is 16.3. The average Bonchev–Trinajstić information content (AvgIpc) is 2.69. The molecule has 162 valence electrons. The largest absolute Gasteiger partial charge is 0.419 e. The molecule has 0 aliphatic carbocycles. The van der Waals surface area contributed by atoms with Crippen LogP contribution in [0.25, 0.3) is 11.3 Å². The van der Waals surface area contributed by atoms with Crippen molar-refractivity contribution in [2.75, 3.05) is 5.32 Å². The van der Waals surface area contributed by atoms with Gasteiger partial charge in [0, 0.05) is 17.3 Å². The number of carbonyl (C=O) groups excluding carboxylic acids is 1. The van der Waals surface area contributed by atoms with Crippen molar-refractivity contribution in [2.24, 2.45) is 0 Å². The number of benzene rings is 2. The standard InChI is InChI=1S/C21H16F5N3O2/c1-20(2,19(31)27-14-7-8-16(23)15(11-14)21(24,25)26)29-18(30)10-9-17(28-29)12-3-5-13(22)6-4-12/h3-11H,1-2H3,(H,27,31). The number of alkyl halides is 3. The Bertz CT molecular complexity index is 1180. The molecule has 0 radical (unpaired) electrons. The molecule has 0 aliphatic heterocycles. The number of rotatable bonds is 4. The number of amides is 1. The van der Waals surface area contributed by atoms with Crippen LogP contribution in [0.3, 0.4) is 0 Å². The highest BCUT2D eigenvalue weighted by atomic mass is 19.4. The van der Waals surface area contributed by atoms with Gasteiger partial charge in [0.15, 0.2) is 0 Å². The second-order valence-electron chi connectivity index (χ2n) is 7.18. The molecule has 0 aliphatic rings. The topological polar surface area (TPSA) is 64.0 Å². The van der Waals surface area contributed by atoms with E-state index in [0.29, 0.717) is 17.7 Å². The third-order valence-electron chi connectivity index (χ3n) is 4.56. The molecule has 10 heteroatoms. The first kappa shape index (κ1) is 22.1. The lowest BCUT2D eigenvalue weighted by atomic mass is 10.0. The lowest BCUT2D eigenvalue weighted by molar-refractivity contribution is -0.140. The van der Waals surface area contributed by atoms with Gasteiger partial charge in [0.25, 0.3) is 11.5 Å². The van der Waals surface area contributed by atoms with Crippen LogP contribution in [-0.2, 0) is 16.5 Å². The van der Waals surface area contributed by atoms with Crippen molar-refractivity contribution >= 4 is 11.6 Å². The van der Waals surface area contributed by atoms with Crippen molar-refractivity contribution in [1.29, 1.82) is 0 Å². The summed E-state index contributed by atoms with van der Waals surface area (Å²) in [7, 11) is 0. The Morgan fingerprint density at radius 2 is 1.61 bits per heavy atom. The maximum Gasteiger partial charge on any atom is 0.419 e. The number of nitrogens with one attached hydrogen (secondary N) is 1. The maximum atomic E-state index is 13.5. The molecular weight excluding hydrogens is 421 g/mol. The van der Waals surface area contributed by atoms with Gasteiger partial charge in [-0.1, -0.05) is 0 Å². The lowest BCUT2D eigenvalue weighted by Crippen LogP contribution is -2.47. The number of halogens is 5. The summed E-state index contributed by atoms with van der Waals surface area (Å²) in [5.74, 6) is -2.79. The molecule has 1 N–H and O–H groups in total. The third-order valence-corrected chi connectivity index (χ3v) is 4.56. The molecule has 0 atom stereocenters. The van der Waals surface area contributed by atoms with Gasteiger partial charge in [0.05, 0.1) is 11.3 Å². The van der Waals surface area contributed by atoms with E-state index in [1.165, 1.54) is 50.2 Å². The summed E-state index contributed by atoms with van der Waals surface area (Å²) in [6.45, 7) is 2.69. The summed E-state index contributed by atoms with van der Waals surface area (Å²) in [5, 5.41) is 6.42. The molecule has 0 bridgehead atoms. The fourth-order valence-electron chi connectivity index (χ4n) is 2.79. The summed E-state index contributed by atoms with van der Waals surface area (Å²) >= 11 is 0. The predicted molar refractivity (Wildman–Crippen MR) is 103 cm³/mol. The predicted octanol–water partition coefficient (Wildman–Crippen LogP) is 4.58. The highest BCUT2D eigenvalue weighted by molar-refractivity contribution is 5.96. The van der Waals surface area contributed by atoms with Gasteiger partial charge >= 0.3 is 6.18 Å². The highest BCUT2D eigenvalue weighted by Gasteiger charge is 2.36. The van der Waals surface area contributed by atoms with Gasteiger partial charge < -0.3 is 5.32 Å². The van der Waals surface area contributed by atoms with Gasteiger partial charge in [-0.3, -0.25) is 9.59 Å². The van der Waals surface area contributed by atoms with Gasteiger partial charge in [0.1, 0.15) is 17.2 Å². The third kappa shape index (κ3) is 4.62. The van der Waals surface area contributed by atoms with E-state index in [9.17, 15) is 31.5 Å². The number of nitrogens with zero attached hydrogens (tertiary/aromatic N) is 2. The maximum absolute atomic E-state index is 13.5. The molecule has 5 nitrogen and oxygen atoms in total. The van der Waals surface area contributed by atoms with Crippen molar-refractivity contribution in [1.82, 2.24) is 9.78 Å². The monoisotopic (exact) mass is 437 g/mol. The van der Waals surface area contributed by atoms with E-state index in [4.69, 9.17) is 0 Å². The molecule has 0 saturated heterocycles. The van der Waals surface area contributed by atoms with Crippen molar-refractivity contribution in [2.45, 2.75) is 25.6 Å². The van der Waals surface area contributed by atoms with Crippen molar-refractivity contribution in [3.05, 3.63) is 82.1 Å². The van der Waals surface area contributed by atoms with E-state index >= 15 is 0 Å². The summed E-state index contributed by atoms with van der Waals surface area (Å²) in [5.41, 5.74) is -3.33. The first-order chi connectivity index (χ1) is 14.4. The Morgan fingerprint density at radius 3 is 2.23 bits per heavy atom. The van der Waals surface area contributed by atoms with Crippen LogP contribution >= 0.6 is 0 Å². The minimum Gasteiger partial charge on any atom is -0.324 e. The molecule has 1 amide bonds. The van der Waals surface area contributed by atoms with Crippen LogP contribution < -0.4 is 10.9 Å². The van der Waals surface area contributed by atoms with E-state index in [2.05, 4.69) is 10.4 Å². The van der Waals surface area contributed by atoms with Gasteiger partial charge in [-0.25, -0.2) is 13.5 Å². The van der Waals surface area contributed by atoms with E-state index in [1.807, 2.05) is 0 Å². The van der Waals surface area contributed by atoms with Gasteiger partial charge in [-0.05, 0) is 62.4 Å². The smallest absolute Gasteiger partial charge is 0.324 e. The van der Waals surface area contributed by atoms with E-state index in [-0.39, 0.29) is 11.4 Å². The molecule has 31 heavy (non-hydrogen) atoms. The van der Waals surface area contributed by atoms with E-state index in [0.717, 1.165) is 10.7 Å². The molecule has 3 aromatic rings. The zero-order valence-corrected chi connectivity index (χ0v) is 16.3. The number of aromatic nitrogens is 2. The van der Waals surface area contributed by atoms with Crippen LogP contribution in [0.15, 0.2) is 59.4 Å². The normalized spacial score (nSPS) is 12.0. The molecular formula is C21H16F5N3O2. The quantitative estimate of drug-likeness (QED) is 0.608. The molecule has 2 aromatic carbocycles. The molecule has 1 aromatic heterocycles. The Labute approximate surface area is 173 Å². The molecule has 0 saturated carbocycles. The van der Waals surface area contributed by atoms with Crippen LogP contribution in [0.4, 0.5) is 27.6 Å². The minimum atomic E-state index is -4.94. The fraction of sp³-hybridized carbons (Fsp3) is 0.190. The Balaban J connectivity index is 1.94. The van der Waals surface area contributed by atoms with Gasteiger partial charge in [0.2, 0.25) is 0 Å². The lowest BCUT2D eigenvalue weighted by Gasteiger charge is -2.25. The van der Waals surface area contributed by atoms with Crippen LogP contribution in [0.5, 0.6) is 0 Å². The van der Waals surface area contributed by atoms with E-state index < -0.39 is 40.4 Å². The molecule has 1 heterocycles. The van der Waals surface area contributed by atoms with Crippen molar-refractivity contribution in [3.63, 3.8) is 0 Å². The minimum absolute atomic E-state index is 0.279. The average molecular weight is 437 g/mol. The molecule has 0 fully saturated rings. The Morgan fingerprint density at radius 1 is 0.968 bits per heavy atom. The van der Waals surface area contributed by atoms with Gasteiger partial charge in [-0.2, -0.15) is 18.3 Å². The first-order valence-corrected chi connectivity index (χ1v) is 8.94. The number of anilines is 1. The van der Waals surface area contributed by atoms with Crippen LogP contribution in [0.2, 0.25) is 0 Å². The SMILES string of the molecule is CC(C)(C(=O)Nc1ccc(F)c(C(F)(F)F)c1)n1nc(-c2ccc(F)cc2)ccc1=O. The Hall–Kier alpha value is -3.56. The molecule has 0 spiro atoms. The second kappa shape index (κ2) is 7.93. The fourth-order valence-corrected chi connectivity index (χ4v) is 2.79. The summed E-state index contributed by atoms with van der Waals surface area (Å²) < 4.78 is 66.2. The van der Waals surface area contributed by atoms with Crippen LogP contribution in [-0.4, -0.2) is 15.7 Å². The number of carbonyl (C=O) groups is 1. The van der Waals surface area contributed by atoms with Crippen molar-refractivity contribution < 1.29 is 26.7 Å². The summed E-state index contributed by atoms with van der Waals surface area (Å²) in [6, 6.07) is 9.89. The molecule has 3 rings (SSSR count). The Kier molecular flexibility index (Phi) is 5.66. The van der Waals surface area contributed by atoms with Crippen LogP contribution in [0, 0.1) is 11.6 Å². The molecule has 0 unspecified atom stereocenters. The number of hydrogen-bond acceptors (Lipinski definition) is 3. The summed E-state index contributed by atoms with van der Waals surface area (Å²) in [6.07, 6.45) is -4.94. The summed E-state index contributed by atoms with van der Waals surface area (Å²) in [4.78, 5) is 25.1. The van der Waals surface area contributed by atoms with Gasteiger partial charge in [-0.15, -0.1) is 0 Å². The van der Waals surface area contributed by atoms with Crippen LogP contribution in [0.1, 0.15) is 19.4 Å². The zero-order chi connectivity index (χ0) is 23.0. The second-order valence-corrected chi connectivity index (χ2v) is 7.18. The highest BCUT2D eigenvalue weighted by Crippen LogP contribution is 2.33. The number of hydrogen-bond donors (Lipinski definition) is 1. The van der Waals surface area contributed by atoms with E-state index in [1.54, 1.807) is 0 Å².